The molecule has 0 saturated heterocycles. The summed E-state index contributed by atoms with van der Waals surface area (Å²) >= 11 is 0. The SMILES string of the molecule is COC(C)=N/C(C#N)=C(\N)C#N. The Labute approximate surface area is 70.4 Å². The number of allylic oxidation sites excluding steroid dienone is 2. The molecular weight excluding hydrogens is 156 g/mol. The fourth-order valence-corrected chi connectivity index (χ4v) is 0.401. The number of nitrogens with zero attached hydrogens (tertiary/aromatic N) is 3. The largest absolute Gasteiger partial charge is 0.484 e. The summed E-state index contributed by atoms with van der Waals surface area (Å²) in [6, 6.07) is 3.30. The van der Waals surface area contributed by atoms with E-state index >= 15 is 0 Å². The summed E-state index contributed by atoms with van der Waals surface area (Å²) in [6.45, 7) is 1.56. The monoisotopic (exact) mass is 164 g/mol. The van der Waals surface area contributed by atoms with Crippen molar-refractivity contribution in [3.8, 4) is 12.1 Å². The molecule has 0 aliphatic carbocycles. The van der Waals surface area contributed by atoms with Crippen molar-refractivity contribution in [1.29, 1.82) is 10.5 Å². The summed E-state index contributed by atoms with van der Waals surface area (Å²) in [5.41, 5.74) is 4.82. The molecule has 0 fully saturated rings. The average molecular weight is 164 g/mol. The van der Waals surface area contributed by atoms with E-state index in [0.29, 0.717) is 0 Å². The van der Waals surface area contributed by atoms with E-state index in [1.165, 1.54) is 7.11 Å². The fourth-order valence-electron chi connectivity index (χ4n) is 0.401. The zero-order chi connectivity index (χ0) is 9.56. The number of ether oxygens (including phenoxy) is 1. The third-order valence-electron chi connectivity index (χ3n) is 1.05. The lowest BCUT2D eigenvalue weighted by Gasteiger charge is -1.95. The van der Waals surface area contributed by atoms with Gasteiger partial charge in [-0.25, -0.2) is 4.99 Å². The van der Waals surface area contributed by atoms with Gasteiger partial charge in [0.2, 0.25) is 0 Å². The molecule has 0 bridgehead atoms. The molecule has 0 amide bonds. The highest BCUT2D eigenvalue weighted by molar-refractivity contribution is 5.75. The van der Waals surface area contributed by atoms with Gasteiger partial charge in [-0.05, 0) is 0 Å². The molecule has 0 heterocycles. The lowest BCUT2D eigenvalue weighted by Crippen LogP contribution is -2.00. The highest BCUT2D eigenvalue weighted by Crippen LogP contribution is 1.99. The van der Waals surface area contributed by atoms with Crippen LogP contribution in [0.1, 0.15) is 6.92 Å². The van der Waals surface area contributed by atoms with Crippen LogP contribution in [0, 0.1) is 22.7 Å². The summed E-state index contributed by atoms with van der Waals surface area (Å²) in [4.78, 5) is 3.65. The number of rotatable bonds is 1. The Morgan fingerprint density at radius 3 is 2.33 bits per heavy atom. The first kappa shape index (κ1) is 9.99. The summed E-state index contributed by atoms with van der Waals surface area (Å²) in [6.07, 6.45) is 0. The maximum absolute atomic E-state index is 8.47. The molecule has 0 aliphatic rings. The molecule has 2 N–H and O–H groups in total. The van der Waals surface area contributed by atoms with Gasteiger partial charge in [-0.1, -0.05) is 0 Å². The first-order chi connectivity index (χ1) is 5.65. The smallest absolute Gasteiger partial charge is 0.185 e. The van der Waals surface area contributed by atoms with Crippen LogP contribution in [-0.4, -0.2) is 13.0 Å². The minimum Gasteiger partial charge on any atom is -0.484 e. The van der Waals surface area contributed by atoms with Crippen LogP contribution in [0.15, 0.2) is 16.4 Å². The molecule has 0 radical (unpaired) electrons. The number of methoxy groups -OCH3 is 1. The summed E-state index contributed by atoms with van der Waals surface area (Å²) in [7, 11) is 1.41. The quantitative estimate of drug-likeness (QED) is 0.341. The minimum absolute atomic E-state index is 0.128. The maximum atomic E-state index is 8.47. The van der Waals surface area contributed by atoms with Gasteiger partial charge in [0.05, 0.1) is 7.11 Å². The van der Waals surface area contributed by atoms with Gasteiger partial charge >= 0.3 is 0 Å². The van der Waals surface area contributed by atoms with Gasteiger partial charge in [0.25, 0.3) is 0 Å². The summed E-state index contributed by atoms with van der Waals surface area (Å²) in [5, 5.41) is 16.8. The van der Waals surface area contributed by atoms with Gasteiger partial charge in [-0.2, -0.15) is 10.5 Å². The second-order valence-corrected chi connectivity index (χ2v) is 1.82. The molecule has 5 heteroatoms. The van der Waals surface area contributed by atoms with Crippen molar-refractivity contribution in [1.82, 2.24) is 0 Å². The van der Waals surface area contributed by atoms with Crippen LogP contribution in [0.2, 0.25) is 0 Å². The van der Waals surface area contributed by atoms with E-state index in [1.54, 1.807) is 19.1 Å². The van der Waals surface area contributed by atoms with Crippen molar-refractivity contribution in [2.75, 3.05) is 7.11 Å². The predicted molar refractivity (Wildman–Crippen MR) is 42.6 cm³/mol. The zero-order valence-electron chi connectivity index (χ0n) is 6.83. The molecule has 0 aromatic rings. The molecule has 12 heavy (non-hydrogen) atoms. The normalized spacial score (nSPS) is 12.5. The van der Waals surface area contributed by atoms with E-state index in [4.69, 9.17) is 16.3 Å². The van der Waals surface area contributed by atoms with Gasteiger partial charge < -0.3 is 10.5 Å². The molecule has 0 aromatic heterocycles. The molecule has 0 atom stereocenters. The number of nitrogens with two attached hydrogens (primary N) is 1. The van der Waals surface area contributed by atoms with Crippen molar-refractivity contribution < 1.29 is 4.74 Å². The number of hydrogen-bond acceptors (Lipinski definition) is 5. The van der Waals surface area contributed by atoms with Crippen LogP contribution in [0.5, 0.6) is 0 Å². The van der Waals surface area contributed by atoms with Crippen LogP contribution >= 0.6 is 0 Å². The topological polar surface area (TPSA) is 95.2 Å². The van der Waals surface area contributed by atoms with Crippen molar-refractivity contribution >= 4 is 5.90 Å². The lowest BCUT2D eigenvalue weighted by atomic mass is 10.4. The molecule has 0 spiro atoms. The van der Waals surface area contributed by atoms with Gasteiger partial charge in [0, 0.05) is 6.92 Å². The molecule has 0 aliphatic heterocycles. The Bertz CT molecular complexity index is 302. The average Bonchev–Trinajstić information content (AvgIpc) is 2.12. The molecule has 0 unspecified atom stereocenters. The van der Waals surface area contributed by atoms with Crippen LogP contribution in [0.3, 0.4) is 0 Å². The Kier molecular flexibility index (Phi) is 3.96. The van der Waals surface area contributed by atoms with E-state index in [1.807, 2.05) is 0 Å². The van der Waals surface area contributed by atoms with Crippen LogP contribution in [0.25, 0.3) is 0 Å². The zero-order valence-corrected chi connectivity index (χ0v) is 6.83. The Balaban J connectivity index is 4.90. The lowest BCUT2D eigenvalue weighted by molar-refractivity contribution is 0.399. The minimum atomic E-state index is -0.214. The molecule has 5 nitrogen and oxygen atoms in total. The highest BCUT2D eigenvalue weighted by atomic mass is 16.5. The van der Waals surface area contributed by atoms with Gasteiger partial charge in [-0.15, -0.1) is 0 Å². The third kappa shape index (κ3) is 2.72. The van der Waals surface area contributed by atoms with E-state index in [-0.39, 0.29) is 17.3 Å². The molecule has 0 rings (SSSR count). The first-order valence-corrected chi connectivity index (χ1v) is 3.05. The molecule has 0 saturated carbocycles. The molecule has 0 aromatic carbocycles. The van der Waals surface area contributed by atoms with E-state index in [2.05, 4.69) is 9.73 Å². The Morgan fingerprint density at radius 2 is 2.00 bits per heavy atom. The van der Waals surface area contributed by atoms with Gasteiger partial charge in [-0.3, -0.25) is 0 Å². The van der Waals surface area contributed by atoms with Crippen LogP contribution < -0.4 is 5.73 Å². The predicted octanol–water partition coefficient (Wildman–Crippen LogP) is 0.269. The van der Waals surface area contributed by atoms with Gasteiger partial charge in [0.1, 0.15) is 17.8 Å². The maximum Gasteiger partial charge on any atom is 0.185 e. The fraction of sp³-hybridized carbons (Fsp3) is 0.286. The molecule has 62 valence electrons. The number of nitriles is 2. The molecular formula is C7H8N4O. The van der Waals surface area contributed by atoms with Crippen molar-refractivity contribution in [2.45, 2.75) is 6.92 Å². The van der Waals surface area contributed by atoms with Crippen molar-refractivity contribution in [2.24, 2.45) is 10.7 Å². The van der Waals surface area contributed by atoms with Crippen molar-refractivity contribution in [3.05, 3.63) is 11.4 Å². The summed E-state index contributed by atoms with van der Waals surface area (Å²) < 4.78 is 4.68. The number of hydrogen-bond donors (Lipinski definition) is 1. The standard InChI is InChI=1S/C7H8N4O/c1-5(12-2)11-7(4-9)6(10)3-8/h10H2,1-2H3/b7-6-,11-5?. The van der Waals surface area contributed by atoms with Crippen molar-refractivity contribution in [3.63, 3.8) is 0 Å². The third-order valence-corrected chi connectivity index (χ3v) is 1.05. The Hall–Kier alpha value is -2.01. The van der Waals surface area contributed by atoms with E-state index in [0.717, 1.165) is 0 Å². The van der Waals surface area contributed by atoms with Gasteiger partial charge in [0.15, 0.2) is 11.6 Å². The van der Waals surface area contributed by atoms with Crippen LogP contribution in [0.4, 0.5) is 0 Å². The Morgan fingerprint density at radius 1 is 1.42 bits per heavy atom. The second-order valence-electron chi connectivity index (χ2n) is 1.82. The first-order valence-electron chi connectivity index (χ1n) is 3.05. The number of aliphatic imine (C=N–C) groups is 1. The van der Waals surface area contributed by atoms with Crippen LogP contribution in [-0.2, 0) is 4.74 Å². The highest BCUT2D eigenvalue weighted by Gasteiger charge is 2.00. The van der Waals surface area contributed by atoms with E-state index < -0.39 is 0 Å². The second kappa shape index (κ2) is 4.75. The van der Waals surface area contributed by atoms with E-state index in [9.17, 15) is 0 Å². The summed E-state index contributed by atoms with van der Waals surface area (Å²) in [5.74, 6) is 0.282.